The monoisotopic (exact) mass is 629 g/mol. The fraction of sp³-hybridized carbons (Fsp3) is 0.741. The molecule has 13 nitrogen and oxygen atoms in total. The van der Waals surface area contributed by atoms with Gasteiger partial charge in [0, 0.05) is 24.5 Å². The third kappa shape index (κ3) is 10.5. The molecule has 2 atom stereocenters. The third-order valence-electron chi connectivity index (χ3n) is 7.23. The zero-order valence-corrected chi connectivity index (χ0v) is 28.0. The fourth-order valence-corrected chi connectivity index (χ4v) is 5.60. The average Bonchev–Trinajstić information content (AvgIpc) is 3.38. The van der Waals surface area contributed by atoms with Crippen molar-refractivity contribution in [3.05, 3.63) is 11.1 Å². The average molecular weight is 630 g/mol. The molecule has 0 unspecified atom stereocenters. The van der Waals surface area contributed by atoms with Crippen molar-refractivity contribution in [1.29, 1.82) is 0 Å². The Labute approximate surface area is 253 Å². The van der Waals surface area contributed by atoms with Crippen LogP contribution in [0, 0.1) is 0 Å². The van der Waals surface area contributed by atoms with Crippen LogP contribution in [0.3, 0.4) is 0 Å². The Morgan fingerprint density at radius 2 is 1.71 bits per heavy atom. The van der Waals surface area contributed by atoms with Crippen molar-refractivity contribution in [2.24, 2.45) is 0 Å². The summed E-state index contributed by atoms with van der Waals surface area (Å²) in [5, 5.41) is 19.7. The van der Waals surface area contributed by atoms with Gasteiger partial charge in [-0.15, -0.1) is 11.3 Å². The minimum absolute atomic E-state index is 0.0215. The molecule has 1 fully saturated rings. The number of hydrogen-bond donors (Lipinski definition) is 4. The van der Waals surface area contributed by atoms with Gasteiger partial charge in [-0.1, -0.05) is 20.8 Å². The summed E-state index contributed by atoms with van der Waals surface area (Å²) in [7, 11) is -1.14. The minimum atomic E-state index is -2.29. The summed E-state index contributed by atoms with van der Waals surface area (Å²) >= 11 is 1.31. The van der Waals surface area contributed by atoms with Gasteiger partial charge in [0.15, 0.2) is 19.5 Å². The molecule has 0 radical (unpaired) electrons. The number of ether oxygens (including phenoxy) is 2. The Morgan fingerprint density at radius 3 is 2.24 bits per heavy atom. The molecule has 0 saturated carbocycles. The number of carbonyl (C=O) groups excluding carboxylic acids is 4. The van der Waals surface area contributed by atoms with Gasteiger partial charge < -0.3 is 39.9 Å². The van der Waals surface area contributed by atoms with Gasteiger partial charge in [-0.25, -0.2) is 14.6 Å². The Bertz CT molecular complexity index is 1090. The van der Waals surface area contributed by atoms with Crippen LogP contribution in [0.5, 0.6) is 0 Å². The lowest BCUT2D eigenvalue weighted by Gasteiger charge is -2.37. The molecule has 2 rings (SSSR count). The number of hydrogen-bond acceptors (Lipinski definition) is 11. The molecule has 42 heavy (non-hydrogen) atoms. The first kappa shape index (κ1) is 35.4. The second kappa shape index (κ2) is 14.6. The third-order valence-corrected chi connectivity index (χ3v) is 12.6. The summed E-state index contributed by atoms with van der Waals surface area (Å²) in [6.07, 6.45) is 0.946. The summed E-state index contributed by atoms with van der Waals surface area (Å²) in [6.45, 7) is 16.1. The van der Waals surface area contributed by atoms with Crippen molar-refractivity contribution in [1.82, 2.24) is 20.9 Å². The van der Waals surface area contributed by atoms with Crippen molar-refractivity contribution in [3.8, 4) is 0 Å². The van der Waals surface area contributed by atoms with Crippen molar-refractivity contribution in [2.75, 3.05) is 38.3 Å². The van der Waals surface area contributed by atoms with Crippen LogP contribution in [0.1, 0.15) is 64.9 Å². The van der Waals surface area contributed by atoms with E-state index in [-0.39, 0.29) is 23.4 Å². The first-order valence-electron chi connectivity index (χ1n) is 14.0. The van der Waals surface area contributed by atoms with Crippen LogP contribution in [0.25, 0.3) is 0 Å². The smallest absolute Gasteiger partial charge is 0.407 e. The Morgan fingerprint density at radius 1 is 1.10 bits per heavy atom. The quantitative estimate of drug-likeness (QED) is 0.211. The topological polar surface area (TPSA) is 168 Å². The van der Waals surface area contributed by atoms with Crippen LogP contribution in [0.4, 0.5) is 9.93 Å². The number of nitrogens with zero attached hydrogens (tertiary/aromatic N) is 2. The number of aromatic nitrogens is 1. The number of methoxy groups -OCH3 is 1. The van der Waals surface area contributed by atoms with E-state index in [2.05, 4.69) is 46.4 Å². The molecule has 0 aliphatic carbocycles. The maximum absolute atomic E-state index is 13.2. The number of aliphatic hydroxyl groups excluding tert-OH is 1. The van der Waals surface area contributed by atoms with E-state index in [1.165, 1.54) is 11.3 Å². The van der Waals surface area contributed by atoms with Crippen LogP contribution in [-0.2, 0) is 23.5 Å². The van der Waals surface area contributed by atoms with Crippen molar-refractivity contribution < 1.29 is 38.2 Å². The fourth-order valence-electron chi connectivity index (χ4n) is 3.72. The Kier molecular flexibility index (Phi) is 12.3. The largest absolute Gasteiger partial charge is 0.467 e. The van der Waals surface area contributed by atoms with Crippen LogP contribution in [-0.4, -0.2) is 99.4 Å². The number of thiazole rings is 1. The summed E-state index contributed by atoms with van der Waals surface area (Å²) in [5.74, 6) is -2.08. The zero-order chi connectivity index (χ0) is 31.9. The van der Waals surface area contributed by atoms with E-state index in [9.17, 15) is 24.3 Å². The molecule has 1 aromatic heterocycles. The number of nitrogens with one attached hydrogen (secondary N) is 3. The van der Waals surface area contributed by atoms with Gasteiger partial charge in [-0.3, -0.25) is 9.59 Å². The molecule has 0 bridgehead atoms. The highest BCUT2D eigenvalue weighted by atomic mass is 32.1. The molecule has 4 N–H and O–H groups in total. The minimum Gasteiger partial charge on any atom is -0.467 e. The van der Waals surface area contributed by atoms with Gasteiger partial charge in [0.05, 0.1) is 20.3 Å². The lowest BCUT2D eigenvalue weighted by molar-refractivity contribution is -0.146. The SMILES string of the molecule is COC(=O)[C@H](CO)NC(=O)[C@H](CO[Si](C)(C)C(C)(C)C)NC(=O)c1csc(N2CCC(NC(=O)OC(C)(C)C)CC2)n1. The molecule has 0 spiro atoms. The number of rotatable bonds is 11. The number of carbonyl (C=O) groups is 4. The molecule has 1 saturated heterocycles. The molecule has 2 heterocycles. The normalized spacial score (nSPS) is 16.3. The molecule has 15 heteroatoms. The molecule has 3 amide bonds. The number of alkyl carbamates (subject to hydrolysis) is 1. The second-order valence-electron chi connectivity index (χ2n) is 12.8. The van der Waals surface area contributed by atoms with Crippen LogP contribution < -0.4 is 20.9 Å². The first-order chi connectivity index (χ1) is 19.4. The molecule has 238 valence electrons. The highest BCUT2D eigenvalue weighted by Gasteiger charge is 2.39. The highest BCUT2D eigenvalue weighted by molar-refractivity contribution is 7.13. The Hall–Kier alpha value is -2.75. The lowest BCUT2D eigenvalue weighted by Crippen LogP contribution is -2.56. The number of aliphatic hydroxyl groups is 1. The van der Waals surface area contributed by atoms with Gasteiger partial charge >= 0.3 is 12.1 Å². The van der Waals surface area contributed by atoms with Gasteiger partial charge in [0.1, 0.15) is 17.3 Å². The van der Waals surface area contributed by atoms with Crippen LogP contribution in [0.2, 0.25) is 18.1 Å². The first-order valence-corrected chi connectivity index (χ1v) is 17.8. The molecule has 1 aliphatic rings. The summed E-state index contributed by atoms with van der Waals surface area (Å²) in [4.78, 5) is 56.9. The van der Waals surface area contributed by atoms with E-state index < -0.39 is 56.5 Å². The van der Waals surface area contributed by atoms with Crippen molar-refractivity contribution in [3.63, 3.8) is 0 Å². The molecule has 1 aromatic rings. The van der Waals surface area contributed by atoms with E-state index in [1.807, 2.05) is 38.8 Å². The van der Waals surface area contributed by atoms with Gasteiger partial charge in [-0.2, -0.15) is 0 Å². The highest BCUT2D eigenvalue weighted by Crippen LogP contribution is 2.36. The summed E-state index contributed by atoms with van der Waals surface area (Å²) < 4.78 is 16.2. The van der Waals surface area contributed by atoms with Crippen LogP contribution >= 0.6 is 11.3 Å². The van der Waals surface area contributed by atoms with Gasteiger partial charge in [-0.05, 0) is 51.7 Å². The summed E-state index contributed by atoms with van der Waals surface area (Å²) in [5.41, 5.74) is -0.429. The predicted molar refractivity (Wildman–Crippen MR) is 162 cm³/mol. The number of amides is 3. The van der Waals surface area contributed by atoms with Gasteiger partial charge in [0.2, 0.25) is 5.91 Å². The van der Waals surface area contributed by atoms with Crippen molar-refractivity contribution >= 4 is 48.7 Å². The molecular formula is C27H47N5O8SSi. The molecule has 1 aliphatic heterocycles. The zero-order valence-electron chi connectivity index (χ0n) is 26.2. The van der Waals surface area contributed by atoms with E-state index in [0.717, 1.165) is 7.11 Å². The van der Waals surface area contributed by atoms with E-state index in [4.69, 9.17) is 9.16 Å². The predicted octanol–water partition coefficient (Wildman–Crippen LogP) is 2.41. The number of piperidine rings is 1. The maximum atomic E-state index is 13.2. The molecular weight excluding hydrogens is 582 g/mol. The van der Waals surface area contributed by atoms with Gasteiger partial charge in [0.25, 0.3) is 5.91 Å². The lowest BCUT2D eigenvalue weighted by atomic mass is 10.1. The van der Waals surface area contributed by atoms with E-state index in [1.54, 1.807) is 5.38 Å². The number of esters is 1. The second-order valence-corrected chi connectivity index (χ2v) is 18.4. The van der Waals surface area contributed by atoms with Crippen LogP contribution in [0.15, 0.2) is 5.38 Å². The van der Waals surface area contributed by atoms with Crippen molar-refractivity contribution in [2.45, 2.75) is 96.2 Å². The Balaban J connectivity index is 2.07. The standard InChI is InChI=1S/C27H47N5O8SSi/c1-26(2,3)40-25(37)28-17-10-12-32(13-11-17)24-31-20(16-41-24)22(35)30-19(15-39-42(8,9)27(4,5)6)21(34)29-18(14-33)23(36)38-7/h16-19,33H,10-15H2,1-9H3,(H,28,37)(H,29,34)(H,30,35)/t18-,19-/m0/s1. The maximum Gasteiger partial charge on any atom is 0.407 e. The number of anilines is 1. The van der Waals surface area contributed by atoms with E-state index in [0.29, 0.717) is 31.1 Å². The molecule has 0 aromatic carbocycles. The summed E-state index contributed by atoms with van der Waals surface area (Å²) in [6, 6.07) is -2.45. The van der Waals surface area contributed by atoms with E-state index >= 15 is 0 Å².